The van der Waals surface area contributed by atoms with Crippen LogP contribution in [0.1, 0.15) is 51.9 Å². The van der Waals surface area contributed by atoms with Crippen molar-refractivity contribution in [1.82, 2.24) is 10.2 Å². The van der Waals surface area contributed by atoms with E-state index < -0.39 is 10.0 Å². The Labute approximate surface area is 208 Å². The van der Waals surface area contributed by atoms with Gasteiger partial charge in [0.2, 0.25) is 0 Å². The molecule has 1 amide bonds. The first-order valence-electron chi connectivity index (χ1n) is 12.1. The van der Waals surface area contributed by atoms with Crippen LogP contribution >= 0.6 is 0 Å². The predicted molar refractivity (Wildman–Crippen MR) is 140 cm³/mol. The van der Waals surface area contributed by atoms with Crippen LogP contribution in [0.3, 0.4) is 0 Å². The zero-order chi connectivity index (χ0) is 24.8. The van der Waals surface area contributed by atoms with E-state index in [1.165, 1.54) is 24.8 Å². The van der Waals surface area contributed by atoms with Gasteiger partial charge in [0.1, 0.15) is 0 Å². The van der Waals surface area contributed by atoms with Gasteiger partial charge in [-0.15, -0.1) is 0 Å². The van der Waals surface area contributed by atoms with Gasteiger partial charge in [0.25, 0.3) is 15.9 Å². The smallest absolute Gasteiger partial charge is 0.261 e. The third kappa shape index (κ3) is 6.71. The van der Waals surface area contributed by atoms with Gasteiger partial charge in [-0.05, 0) is 86.8 Å². The number of rotatable bonds is 8. The van der Waals surface area contributed by atoms with Crippen molar-refractivity contribution in [3.63, 3.8) is 0 Å². The van der Waals surface area contributed by atoms with Crippen molar-refractivity contribution in [3.8, 4) is 0 Å². The highest BCUT2D eigenvalue weighted by Gasteiger charge is 2.16. The fourth-order valence-corrected chi connectivity index (χ4v) is 5.47. The molecule has 7 heteroatoms. The molecule has 184 valence electrons. The summed E-state index contributed by atoms with van der Waals surface area (Å²) < 4.78 is 28.0. The Balaban J connectivity index is 1.37. The highest BCUT2D eigenvalue weighted by atomic mass is 32.2. The zero-order valence-corrected chi connectivity index (χ0v) is 21.2. The van der Waals surface area contributed by atoms with Gasteiger partial charge in [0, 0.05) is 18.7 Å². The summed E-state index contributed by atoms with van der Waals surface area (Å²) >= 11 is 0. The van der Waals surface area contributed by atoms with E-state index in [0.29, 0.717) is 23.4 Å². The van der Waals surface area contributed by atoms with Crippen molar-refractivity contribution in [2.75, 3.05) is 17.8 Å². The van der Waals surface area contributed by atoms with Gasteiger partial charge in [-0.25, -0.2) is 8.42 Å². The molecule has 0 bridgehead atoms. The van der Waals surface area contributed by atoms with Crippen LogP contribution in [0.5, 0.6) is 0 Å². The first-order valence-corrected chi connectivity index (χ1v) is 13.6. The van der Waals surface area contributed by atoms with Crippen LogP contribution in [0.4, 0.5) is 5.69 Å². The highest BCUT2D eigenvalue weighted by molar-refractivity contribution is 7.92. The minimum atomic E-state index is -3.70. The molecular formula is C28H33N3O3S. The van der Waals surface area contributed by atoms with Crippen molar-refractivity contribution >= 4 is 21.6 Å². The molecule has 2 N–H and O–H groups in total. The van der Waals surface area contributed by atoms with Gasteiger partial charge >= 0.3 is 0 Å². The van der Waals surface area contributed by atoms with E-state index >= 15 is 0 Å². The van der Waals surface area contributed by atoms with Crippen molar-refractivity contribution in [2.45, 2.75) is 51.1 Å². The maximum absolute atomic E-state index is 12.8. The number of benzene rings is 3. The summed E-state index contributed by atoms with van der Waals surface area (Å²) in [6.07, 6.45) is 3.85. The third-order valence-electron chi connectivity index (χ3n) is 6.36. The van der Waals surface area contributed by atoms with Crippen LogP contribution in [0.2, 0.25) is 0 Å². The topological polar surface area (TPSA) is 78.5 Å². The third-order valence-corrected chi connectivity index (χ3v) is 7.74. The summed E-state index contributed by atoms with van der Waals surface area (Å²) in [5.74, 6) is -0.192. The van der Waals surface area contributed by atoms with Crippen LogP contribution in [0.25, 0.3) is 0 Å². The van der Waals surface area contributed by atoms with Crippen LogP contribution in [0, 0.1) is 13.8 Å². The van der Waals surface area contributed by atoms with Crippen molar-refractivity contribution < 1.29 is 13.2 Å². The van der Waals surface area contributed by atoms with E-state index in [0.717, 1.165) is 30.8 Å². The van der Waals surface area contributed by atoms with Crippen molar-refractivity contribution in [3.05, 3.63) is 94.5 Å². The quantitative estimate of drug-likeness (QED) is 0.464. The lowest BCUT2D eigenvalue weighted by molar-refractivity contribution is 0.0951. The van der Waals surface area contributed by atoms with E-state index in [9.17, 15) is 13.2 Å². The number of amides is 1. The number of sulfonamides is 1. The Morgan fingerprint density at radius 1 is 0.886 bits per heavy atom. The van der Waals surface area contributed by atoms with E-state index in [-0.39, 0.29) is 10.8 Å². The van der Waals surface area contributed by atoms with E-state index in [2.05, 4.69) is 27.1 Å². The van der Waals surface area contributed by atoms with Gasteiger partial charge in [0.15, 0.2) is 0 Å². The molecule has 6 nitrogen and oxygen atoms in total. The molecule has 0 atom stereocenters. The van der Waals surface area contributed by atoms with Crippen molar-refractivity contribution in [1.29, 1.82) is 0 Å². The van der Waals surface area contributed by atoms with E-state index in [4.69, 9.17) is 0 Å². The normalized spacial score (nSPS) is 14.5. The first-order chi connectivity index (χ1) is 16.8. The number of nitrogens with zero attached hydrogens (tertiary/aromatic N) is 1. The summed E-state index contributed by atoms with van der Waals surface area (Å²) in [7, 11) is -3.70. The molecule has 3 aromatic carbocycles. The Kier molecular flexibility index (Phi) is 7.88. The molecule has 35 heavy (non-hydrogen) atoms. The maximum atomic E-state index is 12.8. The Hall–Kier alpha value is -3.16. The van der Waals surface area contributed by atoms with Gasteiger partial charge in [-0.2, -0.15) is 0 Å². The monoisotopic (exact) mass is 491 g/mol. The molecule has 0 aliphatic carbocycles. The molecule has 0 saturated carbocycles. The lowest BCUT2D eigenvalue weighted by atomic mass is 10.1. The summed E-state index contributed by atoms with van der Waals surface area (Å²) in [5, 5.41) is 2.98. The lowest BCUT2D eigenvalue weighted by Crippen LogP contribution is -2.29. The van der Waals surface area contributed by atoms with E-state index in [1.807, 2.05) is 19.1 Å². The van der Waals surface area contributed by atoms with Crippen LogP contribution in [-0.2, 0) is 23.1 Å². The molecule has 0 unspecified atom stereocenters. The molecule has 1 saturated heterocycles. The minimum Gasteiger partial charge on any atom is -0.348 e. The molecule has 4 rings (SSSR count). The molecule has 1 aliphatic rings. The van der Waals surface area contributed by atoms with Gasteiger partial charge in [-0.3, -0.25) is 14.4 Å². The predicted octanol–water partition coefficient (Wildman–Crippen LogP) is 5.02. The van der Waals surface area contributed by atoms with Gasteiger partial charge < -0.3 is 5.32 Å². The van der Waals surface area contributed by atoms with Gasteiger partial charge in [-0.1, -0.05) is 48.4 Å². The fourth-order valence-electron chi connectivity index (χ4n) is 4.34. The average molecular weight is 492 g/mol. The first kappa shape index (κ1) is 24.9. The number of anilines is 1. The Morgan fingerprint density at radius 2 is 1.60 bits per heavy atom. The minimum absolute atomic E-state index is 0.192. The molecule has 1 fully saturated rings. The highest BCUT2D eigenvalue weighted by Crippen LogP contribution is 2.21. The lowest BCUT2D eigenvalue weighted by Gasteiger charge is -2.26. The number of likely N-dealkylation sites (tertiary alicyclic amines) is 1. The molecule has 0 aromatic heterocycles. The van der Waals surface area contributed by atoms with E-state index in [1.54, 1.807) is 49.4 Å². The Bertz CT molecular complexity index is 1280. The number of carbonyl (C=O) groups is 1. The second kappa shape index (κ2) is 11.1. The molecule has 3 aromatic rings. The molecule has 0 spiro atoms. The number of carbonyl (C=O) groups excluding carboxylic acids is 1. The van der Waals surface area contributed by atoms with Gasteiger partial charge in [0.05, 0.1) is 10.6 Å². The molecule has 0 radical (unpaired) electrons. The summed E-state index contributed by atoms with van der Waals surface area (Å²) in [6.45, 7) is 7.38. The van der Waals surface area contributed by atoms with Crippen molar-refractivity contribution in [2.24, 2.45) is 0 Å². The summed E-state index contributed by atoms with van der Waals surface area (Å²) in [5.41, 5.74) is 4.94. The SMILES string of the molecule is Cc1ccc(S(=O)(=O)Nc2ccc(C(=O)NCc3cccc(CN4CCCCC4)c3)cc2C)cc1. The molecule has 1 heterocycles. The van der Waals surface area contributed by atoms with Crippen LogP contribution in [-0.4, -0.2) is 32.3 Å². The van der Waals surface area contributed by atoms with Crippen LogP contribution in [0.15, 0.2) is 71.6 Å². The fraction of sp³-hybridized carbons (Fsp3) is 0.321. The largest absolute Gasteiger partial charge is 0.348 e. The molecule has 1 aliphatic heterocycles. The number of nitrogens with one attached hydrogen (secondary N) is 2. The summed E-state index contributed by atoms with van der Waals surface area (Å²) in [6, 6.07) is 20.0. The second-order valence-electron chi connectivity index (χ2n) is 9.29. The second-order valence-corrected chi connectivity index (χ2v) is 11.0. The number of hydrogen-bond acceptors (Lipinski definition) is 4. The standard InChI is InChI=1S/C28H33N3O3S/c1-21-9-12-26(13-10-21)35(33,34)30-27-14-11-25(17-22(27)2)28(32)29-19-23-7-6-8-24(18-23)20-31-15-4-3-5-16-31/h6-14,17-18,30H,3-5,15-16,19-20H2,1-2H3,(H,29,32). The maximum Gasteiger partial charge on any atom is 0.261 e. The summed E-state index contributed by atoms with van der Waals surface area (Å²) in [4.78, 5) is 15.4. The Morgan fingerprint density at radius 3 is 2.31 bits per heavy atom. The molecular weight excluding hydrogens is 458 g/mol. The van der Waals surface area contributed by atoms with Crippen LogP contribution < -0.4 is 10.0 Å². The zero-order valence-electron chi connectivity index (χ0n) is 20.4. The number of piperidine rings is 1. The average Bonchev–Trinajstić information content (AvgIpc) is 2.85. The number of aryl methyl sites for hydroxylation is 2. The number of hydrogen-bond donors (Lipinski definition) is 2.